The van der Waals surface area contributed by atoms with Crippen LogP contribution in [-0.2, 0) is 22.4 Å². The number of nitrogens with one attached hydrogen (secondary N) is 2. The minimum atomic E-state index is -0.887. The highest BCUT2D eigenvalue weighted by Crippen LogP contribution is 2.17. The molecule has 0 spiro atoms. The van der Waals surface area contributed by atoms with Gasteiger partial charge in [-0.05, 0) is 60.4 Å². The summed E-state index contributed by atoms with van der Waals surface area (Å²) in [6, 6.07) is 17.0. The maximum Gasteiger partial charge on any atom is 0.328 e. The molecule has 4 aliphatic rings. The van der Waals surface area contributed by atoms with Crippen molar-refractivity contribution in [2.75, 3.05) is 20.3 Å². The summed E-state index contributed by atoms with van der Waals surface area (Å²) in [6.45, 7) is 1.13. The lowest BCUT2D eigenvalue weighted by Crippen LogP contribution is -2.43. The Morgan fingerprint density at radius 3 is 2.00 bits per heavy atom. The molecule has 182 valence electrons. The highest BCUT2D eigenvalue weighted by molar-refractivity contribution is 6.00. The average molecular weight is 477 g/mol. The summed E-state index contributed by atoms with van der Waals surface area (Å²) in [7, 11) is 1.28. The number of methoxy groups -OCH3 is 1. The van der Waals surface area contributed by atoms with Gasteiger partial charge in [0.25, 0.3) is 5.91 Å². The number of ketones is 1. The largest absolute Gasteiger partial charge is 0.494 e. The standard InChI is InChI=1S/C27H28N2O6/c1-33-27(32)24-16-18-4-8-20(9-5-18)34-14-2-3-15-35-21-10-6-19(7-11-21)17-25(30)22-12-13-23(28-22)26(31)29-24/h4-13,24,28H,2-3,14-17H2,1H3,(H,29,31)/t24-/m0/s1. The fourth-order valence-corrected chi connectivity index (χ4v) is 3.79. The van der Waals surface area contributed by atoms with Crippen LogP contribution in [0.5, 0.6) is 11.5 Å². The molecule has 0 fully saturated rings. The number of rotatable bonds is 1. The molecule has 1 aromatic heterocycles. The van der Waals surface area contributed by atoms with Crippen molar-refractivity contribution in [3.05, 3.63) is 83.2 Å². The van der Waals surface area contributed by atoms with Crippen LogP contribution in [0.4, 0.5) is 0 Å². The van der Waals surface area contributed by atoms with Crippen LogP contribution in [0.25, 0.3) is 0 Å². The monoisotopic (exact) mass is 476 g/mol. The number of aromatic nitrogens is 1. The highest BCUT2D eigenvalue weighted by atomic mass is 16.5. The predicted molar refractivity (Wildman–Crippen MR) is 129 cm³/mol. The SMILES string of the molecule is COC(=O)[C@@H]1Cc2ccc(cc2)OCCCCOc2ccc(cc2)CC(=O)c2ccc([nH]2)C(=O)N1. The second-order valence-electron chi connectivity index (χ2n) is 8.33. The third kappa shape index (κ3) is 6.50. The molecule has 0 radical (unpaired) electrons. The Kier molecular flexibility index (Phi) is 7.82. The first-order chi connectivity index (χ1) is 17.0. The fraction of sp³-hybridized carbons (Fsp3) is 0.296. The fourth-order valence-electron chi connectivity index (χ4n) is 3.79. The Morgan fingerprint density at radius 2 is 1.40 bits per heavy atom. The molecule has 6 bridgehead atoms. The smallest absolute Gasteiger partial charge is 0.328 e. The van der Waals surface area contributed by atoms with Crippen molar-refractivity contribution < 1.29 is 28.6 Å². The Bertz CT molecular complexity index is 1170. The summed E-state index contributed by atoms with van der Waals surface area (Å²) in [5.74, 6) is 0.263. The van der Waals surface area contributed by atoms with Gasteiger partial charge in [0.15, 0.2) is 5.78 Å². The predicted octanol–water partition coefficient (Wildman–Crippen LogP) is 3.51. The minimum Gasteiger partial charge on any atom is -0.494 e. The van der Waals surface area contributed by atoms with Crippen LogP contribution in [0.2, 0.25) is 0 Å². The van der Waals surface area contributed by atoms with E-state index in [1.807, 2.05) is 48.5 Å². The number of carbonyl (C=O) groups excluding carboxylic acids is 3. The maximum absolute atomic E-state index is 12.8. The molecule has 0 saturated heterocycles. The molecule has 1 amide bonds. The van der Waals surface area contributed by atoms with Crippen LogP contribution in [0.15, 0.2) is 60.7 Å². The molecule has 1 atom stereocenters. The first-order valence-corrected chi connectivity index (χ1v) is 11.6. The van der Waals surface area contributed by atoms with Crippen LogP contribution < -0.4 is 14.8 Å². The number of ether oxygens (including phenoxy) is 3. The number of Topliss-reactive ketones (excluding diaryl/α,β-unsaturated/α-hetero) is 1. The Morgan fingerprint density at radius 1 is 0.829 bits per heavy atom. The van der Waals surface area contributed by atoms with E-state index in [-0.39, 0.29) is 24.3 Å². The molecule has 3 aromatic rings. The first-order valence-electron chi connectivity index (χ1n) is 11.6. The molecule has 2 aromatic carbocycles. The Labute approximate surface area is 203 Å². The van der Waals surface area contributed by atoms with Gasteiger partial charge in [-0.15, -0.1) is 0 Å². The van der Waals surface area contributed by atoms with Gasteiger partial charge in [-0.3, -0.25) is 9.59 Å². The van der Waals surface area contributed by atoms with Crippen molar-refractivity contribution >= 4 is 17.7 Å². The summed E-state index contributed by atoms with van der Waals surface area (Å²) >= 11 is 0. The normalized spacial score (nSPS) is 17.2. The van der Waals surface area contributed by atoms with Crippen molar-refractivity contribution in [2.24, 2.45) is 0 Å². The van der Waals surface area contributed by atoms with Crippen LogP contribution in [0.3, 0.4) is 0 Å². The highest BCUT2D eigenvalue weighted by Gasteiger charge is 2.24. The number of hydrogen-bond acceptors (Lipinski definition) is 6. The van der Waals surface area contributed by atoms with Gasteiger partial charge in [0.2, 0.25) is 0 Å². The molecule has 0 aliphatic carbocycles. The molecule has 2 N–H and O–H groups in total. The van der Waals surface area contributed by atoms with E-state index in [9.17, 15) is 14.4 Å². The quantitative estimate of drug-likeness (QED) is 0.521. The molecule has 8 nitrogen and oxygen atoms in total. The van der Waals surface area contributed by atoms with Gasteiger partial charge in [-0.2, -0.15) is 0 Å². The van der Waals surface area contributed by atoms with Gasteiger partial charge < -0.3 is 24.5 Å². The zero-order valence-corrected chi connectivity index (χ0v) is 19.5. The van der Waals surface area contributed by atoms with Gasteiger partial charge >= 0.3 is 5.97 Å². The Balaban J connectivity index is 1.55. The number of benzene rings is 2. The number of amides is 1. The van der Waals surface area contributed by atoms with Gasteiger partial charge in [0, 0.05) is 12.8 Å². The topological polar surface area (TPSA) is 107 Å². The van der Waals surface area contributed by atoms with Crippen LogP contribution in [0, 0.1) is 0 Å². The van der Waals surface area contributed by atoms with E-state index in [0.717, 1.165) is 35.5 Å². The maximum atomic E-state index is 12.8. The van der Waals surface area contributed by atoms with E-state index in [2.05, 4.69) is 10.3 Å². The second-order valence-corrected chi connectivity index (χ2v) is 8.33. The molecule has 4 aliphatic heterocycles. The third-order valence-corrected chi connectivity index (χ3v) is 5.75. The summed E-state index contributed by atoms with van der Waals surface area (Å²) < 4.78 is 16.5. The van der Waals surface area contributed by atoms with Crippen molar-refractivity contribution in [3.8, 4) is 11.5 Å². The lowest BCUT2D eigenvalue weighted by molar-refractivity contribution is -0.142. The molecular formula is C27H28N2O6. The van der Waals surface area contributed by atoms with Crippen LogP contribution >= 0.6 is 0 Å². The van der Waals surface area contributed by atoms with E-state index < -0.39 is 17.9 Å². The van der Waals surface area contributed by atoms with Crippen molar-refractivity contribution in [1.82, 2.24) is 10.3 Å². The zero-order chi connectivity index (χ0) is 24.6. The Hall–Kier alpha value is -4.07. The molecule has 35 heavy (non-hydrogen) atoms. The molecule has 0 saturated carbocycles. The van der Waals surface area contributed by atoms with Gasteiger partial charge in [-0.1, -0.05) is 24.3 Å². The molecule has 7 rings (SSSR count). The molecule has 0 unspecified atom stereocenters. The minimum absolute atomic E-state index is 0.152. The summed E-state index contributed by atoms with van der Waals surface area (Å²) in [6.07, 6.45) is 2.11. The number of H-pyrrole nitrogens is 1. The molecule has 5 heterocycles. The first kappa shape index (κ1) is 24.1. The molecule has 8 heteroatoms. The molecular weight excluding hydrogens is 448 g/mol. The van der Waals surface area contributed by atoms with E-state index in [1.54, 1.807) is 6.07 Å². The average Bonchev–Trinajstić information content (AvgIpc) is 3.37. The van der Waals surface area contributed by atoms with Gasteiger partial charge in [0.05, 0.1) is 26.0 Å². The third-order valence-electron chi connectivity index (χ3n) is 5.75. The zero-order valence-electron chi connectivity index (χ0n) is 19.5. The van der Waals surface area contributed by atoms with E-state index in [4.69, 9.17) is 14.2 Å². The number of aromatic amines is 1. The van der Waals surface area contributed by atoms with E-state index >= 15 is 0 Å². The number of carbonyl (C=O) groups is 3. The van der Waals surface area contributed by atoms with Crippen molar-refractivity contribution in [1.29, 1.82) is 0 Å². The van der Waals surface area contributed by atoms with Crippen molar-refractivity contribution in [3.63, 3.8) is 0 Å². The lowest BCUT2D eigenvalue weighted by atomic mass is 10.1. The van der Waals surface area contributed by atoms with Crippen LogP contribution in [-0.4, -0.2) is 49.0 Å². The van der Waals surface area contributed by atoms with E-state index in [0.29, 0.717) is 18.9 Å². The summed E-state index contributed by atoms with van der Waals surface area (Å²) in [4.78, 5) is 40.7. The van der Waals surface area contributed by atoms with E-state index in [1.165, 1.54) is 13.2 Å². The lowest BCUT2D eigenvalue weighted by Gasteiger charge is -2.16. The summed E-state index contributed by atoms with van der Waals surface area (Å²) in [5.41, 5.74) is 2.18. The second kappa shape index (κ2) is 11.4. The summed E-state index contributed by atoms with van der Waals surface area (Å²) in [5, 5.41) is 2.70. The van der Waals surface area contributed by atoms with Gasteiger partial charge in [-0.25, -0.2) is 4.79 Å². The van der Waals surface area contributed by atoms with Crippen LogP contribution in [0.1, 0.15) is 44.9 Å². The van der Waals surface area contributed by atoms with Gasteiger partial charge in [0.1, 0.15) is 23.2 Å². The number of hydrogen-bond donors (Lipinski definition) is 2. The van der Waals surface area contributed by atoms with Crippen molar-refractivity contribution in [2.45, 2.75) is 31.7 Å². The number of esters is 1.